The zero-order valence-electron chi connectivity index (χ0n) is 15.2. The summed E-state index contributed by atoms with van der Waals surface area (Å²) in [5, 5.41) is 15.9. The van der Waals surface area contributed by atoms with Crippen molar-refractivity contribution in [2.75, 3.05) is 13.2 Å². The number of aryl methyl sites for hydroxylation is 3. The lowest BCUT2D eigenvalue weighted by molar-refractivity contribution is 0.0934. The second-order valence-electron chi connectivity index (χ2n) is 6.31. The molecule has 0 unspecified atom stereocenters. The van der Waals surface area contributed by atoms with Gasteiger partial charge in [-0.15, -0.1) is 5.10 Å². The maximum atomic E-state index is 12.3. The number of hydrogen-bond donors (Lipinski definition) is 2. The summed E-state index contributed by atoms with van der Waals surface area (Å²) in [5.41, 5.74) is 5.10. The van der Waals surface area contributed by atoms with E-state index in [4.69, 9.17) is 5.11 Å². The molecule has 1 heterocycles. The van der Waals surface area contributed by atoms with E-state index in [2.05, 4.69) is 21.5 Å². The van der Waals surface area contributed by atoms with Crippen LogP contribution in [0.4, 0.5) is 0 Å². The summed E-state index contributed by atoms with van der Waals surface area (Å²) in [6.45, 7) is 6.10. The molecule has 0 saturated carbocycles. The molecule has 0 fully saturated rings. The molecular formula is C20H22N4O2. The van der Waals surface area contributed by atoms with Gasteiger partial charge in [-0.1, -0.05) is 47.5 Å². The molecule has 3 rings (SSSR count). The average Bonchev–Trinajstić information content (AvgIpc) is 3.05. The number of aliphatic hydroxyl groups excluding tert-OH is 1. The molecule has 26 heavy (non-hydrogen) atoms. The number of carbonyl (C=O) groups is 1. The molecule has 0 aliphatic carbocycles. The zero-order chi connectivity index (χ0) is 18.7. The predicted molar refractivity (Wildman–Crippen MR) is 100 cm³/mol. The number of carbonyl (C=O) groups excluding carboxylic acids is 1. The molecule has 0 bridgehead atoms. The summed E-state index contributed by atoms with van der Waals surface area (Å²) in [5.74, 6) is 0.274. The molecular weight excluding hydrogens is 328 g/mol. The van der Waals surface area contributed by atoms with Gasteiger partial charge in [-0.25, -0.2) is 9.67 Å². The number of benzene rings is 2. The Balaban J connectivity index is 2.12. The van der Waals surface area contributed by atoms with E-state index in [0.29, 0.717) is 5.82 Å². The van der Waals surface area contributed by atoms with Crippen LogP contribution in [-0.2, 0) is 0 Å². The zero-order valence-corrected chi connectivity index (χ0v) is 15.2. The van der Waals surface area contributed by atoms with Crippen LogP contribution in [0.25, 0.3) is 17.1 Å². The predicted octanol–water partition coefficient (Wildman–Crippen LogP) is 2.58. The molecule has 2 N–H and O–H groups in total. The molecule has 134 valence electrons. The molecule has 0 spiro atoms. The number of amides is 1. The van der Waals surface area contributed by atoms with E-state index in [1.165, 1.54) is 0 Å². The van der Waals surface area contributed by atoms with Crippen LogP contribution >= 0.6 is 0 Å². The van der Waals surface area contributed by atoms with Crippen LogP contribution < -0.4 is 5.32 Å². The highest BCUT2D eigenvalue weighted by atomic mass is 16.3. The Hall–Kier alpha value is -2.99. The number of rotatable bonds is 5. The first-order valence-corrected chi connectivity index (χ1v) is 8.50. The molecule has 0 aliphatic heterocycles. The van der Waals surface area contributed by atoms with Crippen molar-refractivity contribution in [3.8, 4) is 17.1 Å². The van der Waals surface area contributed by atoms with E-state index in [-0.39, 0.29) is 19.0 Å². The number of hydrogen-bond acceptors (Lipinski definition) is 4. The van der Waals surface area contributed by atoms with Gasteiger partial charge in [-0.05, 0) is 32.4 Å². The Labute approximate surface area is 152 Å². The van der Waals surface area contributed by atoms with Crippen molar-refractivity contribution in [2.24, 2.45) is 0 Å². The second kappa shape index (κ2) is 7.49. The fourth-order valence-electron chi connectivity index (χ4n) is 2.76. The van der Waals surface area contributed by atoms with Crippen LogP contribution in [0.2, 0.25) is 0 Å². The smallest absolute Gasteiger partial charge is 0.291 e. The van der Waals surface area contributed by atoms with Crippen LogP contribution in [-0.4, -0.2) is 38.9 Å². The molecule has 2 aromatic carbocycles. The second-order valence-corrected chi connectivity index (χ2v) is 6.31. The van der Waals surface area contributed by atoms with Gasteiger partial charge >= 0.3 is 0 Å². The summed E-state index contributed by atoms with van der Waals surface area (Å²) in [7, 11) is 0. The fraction of sp³-hybridized carbons (Fsp3) is 0.250. The van der Waals surface area contributed by atoms with E-state index in [9.17, 15) is 4.79 Å². The molecule has 0 saturated heterocycles. The Morgan fingerprint density at radius 3 is 2.42 bits per heavy atom. The summed E-state index contributed by atoms with van der Waals surface area (Å²) in [6, 6.07) is 14.0. The minimum atomic E-state index is -0.407. The Morgan fingerprint density at radius 1 is 1.08 bits per heavy atom. The SMILES string of the molecule is Cc1ccc(-c2nc(C(=O)NCCO)nn2-c2ccc(C)cc2C)cc1. The van der Waals surface area contributed by atoms with Gasteiger partial charge in [0, 0.05) is 12.1 Å². The lowest BCUT2D eigenvalue weighted by Crippen LogP contribution is -2.27. The lowest BCUT2D eigenvalue weighted by atomic mass is 10.1. The Kier molecular flexibility index (Phi) is 5.14. The maximum Gasteiger partial charge on any atom is 0.291 e. The maximum absolute atomic E-state index is 12.3. The number of nitrogens with zero attached hydrogens (tertiary/aromatic N) is 3. The first kappa shape index (κ1) is 17.8. The molecule has 6 heteroatoms. The van der Waals surface area contributed by atoms with Crippen LogP contribution in [0.5, 0.6) is 0 Å². The van der Waals surface area contributed by atoms with Gasteiger partial charge in [0.05, 0.1) is 12.3 Å². The van der Waals surface area contributed by atoms with Crippen LogP contribution in [0.15, 0.2) is 42.5 Å². The van der Waals surface area contributed by atoms with E-state index in [0.717, 1.165) is 27.9 Å². The number of nitrogens with one attached hydrogen (secondary N) is 1. The summed E-state index contributed by atoms with van der Waals surface area (Å²) >= 11 is 0. The fourth-order valence-corrected chi connectivity index (χ4v) is 2.76. The molecule has 0 radical (unpaired) electrons. The molecule has 1 aromatic heterocycles. The van der Waals surface area contributed by atoms with E-state index < -0.39 is 5.91 Å². The van der Waals surface area contributed by atoms with Gasteiger partial charge in [0.2, 0.25) is 5.82 Å². The highest BCUT2D eigenvalue weighted by Gasteiger charge is 2.19. The van der Waals surface area contributed by atoms with Crippen molar-refractivity contribution in [1.82, 2.24) is 20.1 Å². The van der Waals surface area contributed by atoms with E-state index in [1.54, 1.807) is 4.68 Å². The van der Waals surface area contributed by atoms with Gasteiger partial charge in [-0.3, -0.25) is 4.79 Å². The Bertz CT molecular complexity index is 929. The van der Waals surface area contributed by atoms with Crippen LogP contribution in [0.3, 0.4) is 0 Å². The van der Waals surface area contributed by atoms with E-state index in [1.807, 2.05) is 57.2 Å². The largest absolute Gasteiger partial charge is 0.395 e. The lowest BCUT2D eigenvalue weighted by Gasteiger charge is -2.10. The van der Waals surface area contributed by atoms with Crippen molar-refractivity contribution in [3.05, 3.63) is 65.0 Å². The van der Waals surface area contributed by atoms with E-state index >= 15 is 0 Å². The van der Waals surface area contributed by atoms with Crippen molar-refractivity contribution in [3.63, 3.8) is 0 Å². The van der Waals surface area contributed by atoms with Gasteiger partial charge in [0.25, 0.3) is 5.91 Å². The highest BCUT2D eigenvalue weighted by molar-refractivity contribution is 5.91. The molecule has 3 aromatic rings. The van der Waals surface area contributed by atoms with Gasteiger partial charge in [0.1, 0.15) is 0 Å². The normalized spacial score (nSPS) is 10.8. The topological polar surface area (TPSA) is 80.0 Å². The summed E-state index contributed by atoms with van der Waals surface area (Å²) in [6.07, 6.45) is 0. The number of aliphatic hydroxyl groups is 1. The third-order valence-electron chi connectivity index (χ3n) is 4.10. The van der Waals surface area contributed by atoms with Crippen LogP contribution in [0.1, 0.15) is 27.3 Å². The van der Waals surface area contributed by atoms with Crippen molar-refractivity contribution >= 4 is 5.91 Å². The quantitative estimate of drug-likeness (QED) is 0.741. The van der Waals surface area contributed by atoms with Crippen molar-refractivity contribution < 1.29 is 9.90 Å². The minimum absolute atomic E-state index is 0.0778. The third kappa shape index (κ3) is 3.65. The standard InChI is InChI=1S/C20H22N4O2/c1-13-4-7-16(8-5-13)19-22-18(20(26)21-10-11-25)23-24(19)17-9-6-14(2)12-15(17)3/h4-9,12,25H,10-11H2,1-3H3,(H,21,26). The van der Waals surface area contributed by atoms with Crippen molar-refractivity contribution in [1.29, 1.82) is 0 Å². The van der Waals surface area contributed by atoms with Crippen LogP contribution in [0, 0.1) is 20.8 Å². The summed E-state index contributed by atoms with van der Waals surface area (Å²) < 4.78 is 1.70. The highest BCUT2D eigenvalue weighted by Crippen LogP contribution is 2.24. The van der Waals surface area contributed by atoms with Gasteiger partial charge < -0.3 is 10.4 Å². The first-order chi connectivity index (χ1) is 12.5. The van der Waals surface area contributed by atoms with Gasteiger partial charge in [0.15, 0.2) is 5.82 Å². The molecule has 0 atom stereocenters. The minimum Gasteiger partial charge on any atom is -0.395 e. The monoisotopic (exact) mass is 350 g/mol. The molecule has 0 aliphatic rings. The Morgan fingerprint density at radius 2 is 1.77 bits per heavy atom. The molecule has 6 nitrogen and oxygen atoms in total. The molecule has 1 amide bonds. The number of aromatic nitrogens is 3. The van der Waals surface area contributed by atoms with Gasteiger partial charge in [-0.2, -0.15) is 0 Å². The van der Waals surface area contributed by atoms with Crippen molar-refractivity contribution in [2.45, 2.75) is 20.8 Å². The summed E-state index contributed by atoms with van der Waals surface area (Å²) in [4.78, 5) is 16.7. The average molecular weight is 350 g/mol. The first-order valence-electron chi connectivity index (χ1n) is 8.50. The third-order valence-corrected chi connectivity index (χ3v) is 4.10.